The Kier molecular flexibility index (Phi) is 5.55. The number of nitrogens with one attached hydrogen (secondary N) is 2. The van der Waals surface area contributed by atoms with Crippen LogP contribution in [0.5, 0.6) is 5.75 Å². The molecular formula is C18H14Cl2N4O2. The number of methoxy groups -OCH3 is 1. The summed E-state index contributed by atoms with van der Waals surface area (Å²) < 4.78 is 5.12. The van der Waals surface area contributed by atoms with Crippen LogP contribution in [0.15, 0.2) is 54.9 Å². The minimum atomic E-state index is -0.372. The predicted octanol–water partition coefficient (Wildman–Crippen LogP) is 4.79. The van der Waals surface area contributed by atoms with Gasteiger partial charge in [-0.3, -0.25) is 4.79 Å². The van der Waals surface area contributed by atoms with E-state index in [0.717, 1.165) is 0 Å². The van der Waals surface area contributed by atoms with Gasteiger partial charge in [0.15, 0.2) is 0 Å². The number of carbonyl (C=O) groups excluding carboxylic acids is 1. The van der Waals surface area contributed by atoms with E-state index in [2.05, 4.69) is 20.6 Å². The molecule has 1 amide bonds. The van der Waals surface area contributed by atoms with Gasteiger partial charge in [-0.2, -0.15) is 0 Å². The number of hydrogen-bond acceptors (Lipinski definition) is 5. The maximum atomic E-state index is 12.3. The van der Waals surface area contributed by atoms with E-state index in [-0.39, 0.29) is 11.6 Å². The van der Waals surface area contributed by atoms with Gasteiger partial charge in [0.1, 0.15) is 17.3 Å². The van der Waals surface area contributed by atoms with E-state index in [0.29, 0.717) is 33.0 Å². The fourth-order valence-corrected chi connectivity index (χ4v) is 2.71. The molecule has 6 nitrogen and oxygen atoms in total. The van der Waals surface area contributed by atoms with Crippen molar-refractivity contribution in [3.05, 3.63) is 70.6 Å². The van der Waals surface area contributed by atoms with Gasteiger partial charge < -0.3 is 15.4 Å². The van der Waals surface area contributed by atoms with E-state index < -0.39 is 0 Å². The maximum Gasteiger partial charge on any atom is 0.275 e. The first kappa shape index (κ1) is 18.0. The van der Waals surface area contributed by atoms with Gasteiger partial charge in [-0.05, 0) is 30.3 Å². The number of amides is 1. The number of halogens is 2. The first-order chi connectivity index (χ1) is 12.5. The molecule has 0 bridgehead atoms. The predicted molar refractivity (Wildman–Crippen MR) is 103 cm³/mol. The van der Waals surface area contributed by atoms with Crippen LogP contribution in [0.25, 0.3) is 0 Å². The zero-order valence-electron chi connectivity index (χ0n) is 13.7. The van der Waals surface area contributed by atoms with Gasteiger partial charge in [0.2, 0.25) is 0 Å². The van der Waals surface area contributed by atoms with Gasteiger partial charge >= 0.3 is 0 Å². The molecule has 1 aromatic heterocycles. The molecule has 0 aliphatic heterocycles. The summed E-state index contributed by atoms with van der Waals surface area (Å²) in [5, 5.41) is 6.77. The van der Waals surface area contributed by atoms with Crippen LogP contribution >= 0.6 is 23.2 Å². The van der Waals surface area contributed by atoms with Crippen molar-refractivity contribution in [3.63, 3.8) is 0 Å². The SMILES string of the molecule is COc1cccc(NC(=O)c2cnc(Nc3cc(Cl)cc(Cl)c3)cn2)c1. The molecule has 0 atom stereocenters. The second kappa shape index (κ2) is 8.03. The van der Waals surface area contributed by atoms with Crippen molar-refractivity contribution >= 4 is 46.3 Å². The molecule has 3 rings (SSSR count). The highest BCUT2D eigenvalue weighted by Gasteiger charge is 2.09. The van der Waals surface area contributed by atoms with Crippen LogP contribution in [0, 0.1) is 0 Å². The quantitative estimate of drug-likeness (QED) is 0.656. The Bertz CT molecular complexity index is 912. The summed E-state index contributed by atoms with van der Waals surface area (Å²) in [4.78, 5) is 20.6. The molecule has 0 unspecified atom stereocenters. The molecule has 0 radical (unpaired) electrons. The van der Waals surface area contributed by atoms with Gasteiger partial charge in [0, 0.05) is 27.5 Å². The Morgan fingerprint density at radius 1 is 1.00 bits per heavy atom. The van der Waals surface area contributed by atoms with Crippen molar-refractivity contribution in [2.24, 2.45) is 0 Å². The van der Waals surface area contributed by atoms with Crippen LogP contribution in [0.2, 0.25) is 10.0 Å². The lowest BCUT2D eigenvalue weighted by atomic mass is 10.3. The smallest absolute Gasteiger partial charge is 0.275 e. The Balaban J connectivity index is 1.69. The van der Waals surface area contributed by atoms with Gasteiger partial charge in [0.25, 0.3) is 5.91 Å². The number of benzene rings is 2. The molecule has 3 aromatic rings. The third-order valence-electron chi connectivity index (χ3n) is 3.35. The van der Waals surface area contributed by atoms with E-state index in [9.17, 15) is 4.79 Å². The van der Waals surface area contributed by atoms with E-state index in [1.165, 1.54) is 12.4 Å². The molecule has 0 aliphatic carbocycles. The van der Waals surface area contributed by atoms with Crippen LogP contribution in [0.1, 0.15) is 10.5 Å². The van der Waals surface area contributed by atoms with Crippen LogP contribution in [-0.4, -0.2) is 23.0 Å². The zero-order valence-corrected chi connectivity index (χ0v) is 15.2. The summed E-state index contributed by atoms with van der Waals surface area (Å²) >= 11 is 11.9. The van der Waals surface area contributed by atoms with E-state index >= 15 is 0 Å². The van der Waals surface area contributed by atoms with Crippen molar-refractivity contribution in [2.45, 2.75) is 0 Å². The average molecular weight is 389 g/mol. The number of rotatable bonds is 5. The first-order valence-electron chi connectivity index (χ1n) is 7.54. The minimum absolute atomic E-state index is 0.183. The van der Waals surface area contributed by atoms with Gasteiger partial charge in [0.05, 0.1) is 19.5 Å². The summed E-state index contributed by atoms with van der Waals surface area (Å²) in [6.07, 6.45) is 2.83. The van der Waals surface area contributed by atoms with Crippen molar-refractivity contribution < 1.29 is 9.53 Å². The summed E-state index contributed by atoms with van der Waals surface area (Å²) in [5.74, 6) is 0.734. The monoisotopic (exact) mass is 388 g/mol. The topological polar surface area (TPSA) is 76.1 Å². The van der Waals surface area contributed by atoms with Crippen LogP contribution in [0.4, 0.5) is 17.2 Å². The molecule has 0 aliphatic rings. The summed E-state index contributed by atoms with van der Waals surface area (Å²) in [6, 6.07) is 12.1. The molecule has 0 saturated heterocycles. The minimum Gasteiger partial charge on any atom is -0.497 e. The Labute approximate surface area is 160 Å². The summed E-state index contributed by atoms with van der Waals surface area (Å²) in [5.41, 5.74) is 1.46. The average Bonchev–Trinajstić information content (AvgIpc) is 2.61. The Hall–Kier alpha value is -2.83. The number of ether oxygens (including phenoxy) is 1. The molecule has 8 heteroatoms. The fraction of sp³-hybridized carbons (Fsp3) is 0.0556. The zero-order chi connectivity index (χ0) is 18.5. The van der Waals surface area contributed by atoms with Crippen molar-refractivity contribution in [2.75, 3.05) is 17.7 Å². The number of nitrogens with zero attached hydrogens (tertiary/aromatic N) is 2. The van der Waals surface area contributed by atoms with E-state index in [4.69, 9.17) is 27.9 Å². The molecule has 1 heterocycles. The molecule has 2 aromatic carbocycles. The van der Waals surface area contributed by atoms with Crippen LogP contribution in [0.3, 0.4) is 0 Å². The fourth-order valence-electron chi connectivity index (χ4n) is 2.18. The largest absolute Gasteiger partial charge is 0.497 e. The third-order valence-corrected chi connectivity index (χ3v) is 3.78. The number of hydrogen-bond donors (Lipinski definition) is 2. The summed E-state index contributed by atoms with van der Waals surface area (Å²) in [6.45, 7) is 0. The molecule has 2 N–H and O–H groups in total. The molecule has 132 valence electrons. The lowest BCUT2D eigenvalue weighted by molar-refractivity contribution is 0.102. The normalized spacial score (nSPS) is 10.3. The van der Waals surface area contributed by atoms with Gasteiger partial charge in [-0.1, -0.05) is 29.3 Å². The molecule has 0 fully saturated rings. The molecular weight excluding hydrogens is 375 g/mol. The second-order valence-electron chi connectivity index (χ2n) is 5.26. The van der Waals surface area contributed by atoms with Crippen molar-refractivity contribution in [1.29, 1.82) is 0 Å². The highest BCUT2D eigenvalue weighted by Crippen LogP contribution is 2.24. The van der Waals surface area contributed by atoms with Crippen LogP contribution < -0.4 is 15.4 Å². The maximum absolute atomic E-state index is 12.3. The Morgan fingerprint density at radius 3 is 2.42 bits per heavy atom. The first-order valence-corrected chi connectivity index (χ1v) is 8.29. The highest BCUT2D eigenvalue weighted by atomic mass is 35.5. The molecule has 0 spiro atoms. The highest BCUT2D eigenvalue weighted by molar-refractivity contribution is 6.35. The van der Waals surface area contributed by atoms with E-state index in [1.54, 1.807) is 49.6 Å². The third kappa shape index (κ3) is 4.62. The Morgan fingerprint density at radius 2 is 1.77 bits per heavy atom. The van der Waals surface area contributed by atoms with Crippen LogP contribution in [-0.2, 0) is 0 Å². The molecule has 26 heavy (non-hydrogen) atoms. The van der Waals surface area contributed by atoms with Crippen molar-refractivity contribution in [1.82, 2.24) is 9.97 Å². The second-order valence-corrected chi connectivity index (χ2v) is 6.13. The number of carbonyl (C=O) groups is 1. The molecule has 0 saturated carbocycles. The number of aromatic nitrogens is 2. The number of anilines is 3. The lowest BCUT2D eigenvalue weighted by Gasteiger charge is -2.08. The lowest BCUT2D eigenvalue weighted by Crippen LogP contribution is -2.14. The van der Waals surface area contributed by atoms with Gasteiger partial charge in [-0.25, -0.2) is 9.97 Å². The van der Waals surface area contributed by atoms with E-state index in [1.807, 2.05) is 0 Å². The van der Waals surface area contributed by atoms with Gasteiger partial charge in [-0.15, -0.1) is 0 Å². The summed E-state index contributed by atoms with van der Waals surface area (Å²) in [7, 11) is 1.56. The standard InChI is InChI=1S/C18H14Cl2N4O2/c1-26-15-4-2-3-13(8-15)24-18(25)16-9-22-17(10-21-16)23-14-6-11(19)5-12(20)7-14/h2-10H,1H3,(H,22,23)(H,24,25). The van der Waals surface area contributed by atoms with Crippen molar-refractivity contribution in [3.8, 4) is 5.75 Å².